The van der Waals surface area contributed by atoms with Crippen molar-refractivity contribution in [3.8, 4) is 0 Å². The fraction of sp³-hybridized carbons (Fsp3) is 0.462. The molecule has 1 aromatic rings. The van der Waals surface area contributed by atoms with Gasteiger partial charge in [0.2, 0.25) is 0 Å². The summed E-state index contributed by atoms with van der Waals surface area (Å²) in [5.74, 6) is 0.152. The van der Waals surface area contributed by atoms with Crippen molar-refractivity contribution >= 4 is 34.8 Å². The van der Waals surface area contributed by atoms with E-state index in [1.807, 2.05) is 18.2 Å². The van der Waals surface area contributed by atoms with Gasteiger partial charge in [0.25, 0.3) is 0 Å². The number of hydrogen-bond donors (Lipinski definition) is 2. The lowest BCUT2D eigenvalue weighted by molar-refractivity contribution is 0.265. The van der Waals surface area contributed by atoms with E-state index in [0.29, 0.717) is 16.6 Å². The lowest BCUT2D eigenvalue weighted by atomic mass is 10.2. The molecule has 1 aliphatic heterocycles. The maximum absolute atomic E-state index is 6.05. The van der Waals surface area contributed by atoms with Crippen LogP contribution in [0.2, 0.25) is 10.0 Å². The Kier molecular flexibility index (Phi) is 5.34. The van der Waals surface area contributed by atoms with Crippen molar-refractivity contribution in [1.29, 1.82) is 0 Å². The standard InChI is InChI=1S/C13H19Cl2N5/c14-11-2-1-10(9-12(11)15)20-7-5-19(6-8-20)4-3-18-13(16)17/h1-2,9H,3-8H2,(H4,16,17,18). The molecule has 0 unspecified atom stereocenters. The van der Waals surface area contributed by atoms with Crippen molar-refractivity contribution in [1.82, 2.24) is 4.90 Å². The van der Waals surface area contributed by atoms with E-state index in [1.54, 1.807) is 0 Å². The third-order valence-corrected chi connectivity index (χ3v) is 4.09. The first-order valence-electron chi connectivity index (χ1n) is 6.54. The minimum Gasteiger partial charge on any atom is -0.370 e. The van der Waals surface area contributed by atoms with Gasteiger partial charge in [-0.3, -0.25) is 9.89 Å². The van der Waals surface area contributed by atoms with E-state index in [1.165, 1.54) is 0 Å². The summed E-state index contributed by atoms with van der Waals surface area (Å²) in [5.41, 5.74) is 11.7. The number of aliphatic imine (C=N–C) groups is 1. The van der Waals surface area contributed by atoms with E-state index in [2.05, 4.69) is 14.8 Å². The fourth-order valence-electron chi connectivity index (χ4n) is 2.23. The van der Waals surface area contributed by atoms with Crippen LogP contribution >= 0.6 is 23.2 Å². The van der Waals surface area contributed by atoms with Crippen LogP contribution in [0.1, 0.15) is 0 Å². The molecule has 20 heavy (non-hydrogen) atoms. The minimum atomic E-state index is 0.152. The minimum absolute atomic E-state index is 0.152. The van der Waals surface area contributed by atoms with Gasteiger partial charge in [0, 0.05) is 38.4 Å². The number of rotatable bonds is 4. The number of nitrogens with zero attached hydrogens (tertiary/aromatic N) is 3. The topological polar surface area (TPSA) is 70.9 Å². The molecule has 7 heteroatoms. The van der Waals surface area contributed by atoms with Gasteiger partial charge < -0.3 is 16.4 Å². The molecular weight excluding hydrogens is 297 g/mol. The lowest BCUT2D eigenvalue weighted by Crippen LogP contribution is -2.47. The summed E-state index contributed by atoms with van der Waals surface area (Å²) in [4.78, 5) is 8.65. The monoisotopic (exact) mass is 315 g/mol. The molecule has 1 saturated heterocycles. The quantitative estimate of drug-likeness (QED) is 0.650. The molecule has 110 valence electrons. The lowest BCUT2D eigenvalue weighted by Gasteiger charge is -2.36. The third-order valence-electron chi connectivity index (χ3n) is 3.35. The molecular formula is C13H19Cl2N5. The van der Waals surface area contributed by atoms with E-state index in [9.17, 15) is 0 Å². The second kappa shape index (κ2) is 7.02. The summed E-state index contributed by atoms with van der Waals surface area (Å²) in [6.07, 6.45) is 0. The molecule has 2 rings (SSSR count). The molecule has 0 atom stereocenters. The Balaban J connectivity index is 1.84. The summed E-state index contributed by atoms with van der Waals surface area (Å²) in [5, 5.41) is 1.19. The van der Waals surface area contributed by atoms with Gasteiger partial charge in [-0.25, -0.2) is 0 Å². The number of anilines is 1. The summed E-state index contributed by atoms with van der Waals surface area (Å²) >= 11 is 12.0. The second-order valence-electron chi connectivity index (χ2n) is 4.73. The predicted molar refractivity (Wildman–Crippen MR) is 85.8 cm³/mol. The summed E-state index contributed by atoms with van der Waals surface area (Å²) in [6.45, 7) is 5.42. The normalized spacial score (nSPS) is 16.2. The maximum Gasteiger partial charge on any atom is 0.185 e. The van der Waals surface area contributed by atoms with E-state index in [0.717, 1.165) is 38.4 Å². The number of guanidine groups is 1. The van der Waals surface area contributed by atoms with Gasteiger partial charge in [0.1, 0.15) is 0 Å². The molecule has 0 saturated carbocycles. The zero-order valence-corrected chi connectivity index (χ0v) is 12.7. The Bertz CT molecular complexity index is 480. The van der Waals surface area contributed by atoms with Crippen LogP contribution in [0.3, 0.4) is 0 Å². The summed E-state index contributed by atoms with van der Waals surface area (Å²) in [7, 11) is 0. The number of halogens is 2. The predicted octanol–water partition coefficient (Wildman–Crippen LogP) is 1.39. The molecule has 1 heterocycles. The van der Waals surface area contributed by atoms with Crippen molar-refractivity contribution in [3.63, 3.8) is 0 Å². The van der Waals surface area contributed by atoms with Gasteiger partial charge in [-0.2, -0.15) is 0 Å². The molecule has 1 aromatic carbocycles. The Morgan fingerprint density at radius 2 is 1.80 bits per heavy atom. The van der Waals surface area contributed by atoms with E-state index in [-0.39, 0.29) is 5.96 Å². The van der Waals surface area contributed by atoms with E-state index >= 15 is 0 Å². The highest BCUT2D eigenvalue weighted by Crippen LogP contribution is 2.27. The third kappa shape index (κ3) is 4.16. The Morgan fingerprint density at radius 1 is 1.10 bits per heavy atom. The zero-order chi connectivity index (χ0) is 14.5. The summed E-state index contributed by atoms with van der Waals surface area (Å²) in [6, 6.07) is 5.76. The number of piperazine rings is 1. The van der Waals surface area contributed by atoms with Gasteiger partial charge in [0.15, 0.2) is 5.96 Å². The van der Waals surface area contributed by atoms with Crippen LogP contribution in [0.5, 0.6) is 0 Å². The van der Waals surface area contributed by atoms with Crippen molar-refractivity contribution in [3.05, 3.63) is 28.2 Å². The van der Waals surface area contributed by atoms with E-state index in [4.69, 9.17) is 34.7 Å². The molecule has 0 spiro atoms. The first-order valence-corrected chi connectivity index (χ1v) is 7.29. The molecule has 0 bridgehead atoms. The molecule has 0 radical (unpaired) electrons. The van der Waals surface area contributed by atoms with Gasteiger partial charge in [-0.05, 0) is 18.2 Å². The molecule has 5 nitrogen and oxygen atoms in total. The van der Waals surface area contributed by atoms with Crippen molar-refractivity contribution in [2.24, 2.45) is 16.5 Å². The average Bonchev–Trinajstić information content (AvgIpc) is 2.42. The molecule has 1 fully saturated rings. The highest BCUT2D eigenvalue weighted by molar-refractivity contribution is 6.42. The fourth-order valence-corrected chi connectivity index (χ4v) is 2.52. The Morgan fingerprint density at radius 3 is 2.40 bits per heavy atom. The Labute approximate surface area is 129 Å². The van der Waals surface area contributed by atoms with Gasteiger partial charge >= 0.3 is 0 Å². The maximum atomic E-state index is 6.05. The molecule has 4 N–H and O–H groups in total. The molecule has 1 aliphatic rings. The van der Waals surface area contributed by atoms with Crippen LogP contribution < -0.4 is 16.4 Å². The first-order chi connectivity index (χ1) is 9.56. The highest BCUT2D eigenvalue weighted by Gasteiger charge is 2.17. The van der Waals surface area contributed by atoms with Crippen molar-refractivity contribution in [2.45, 2.75) is 0 Å². The molecule has 0 aromatic heterocycles. The van der Waals surface area contributed by atoms with Gasteiger partial charge in [0.05, 0.1) is 16.6 Å². The van der Waals surface area contributed by atoms with Crippen LogP contribution in [0.25, 0.3) is 0 Å². The zero-order valence-electron chi connectivity index (χ0n) is 11.2. The van der Waals surface area contributed by atoms with Crippen LogP contribution in [0, 0.1) is 0 Å². The van der Waals surface area contributed by atoms with Crippen LogP contribution in [-0.4, -0.2) is 50.1 Å². The van der Waals surface area contributed by atoms with Gasteiger partial charge in [-0.1, -0.05) is 23.2 Å². The smallest absolute Gasteiger partial charge is 0.185 e. The number of nitrogens with two attached hydrogens (primary N) is 2. The first kappa shape index (κ1) is 15.2. The average molecular weight is 316 g/mol. The van der Waals surface area contributed by atoms with Crippen molar-refractivity contribution < 1.29 is 0 Å². The molecule has 0 aliphatic carbocycles. The Hall–Kier alpha value is -1.17. The van der Waals surface area contributed by atoms with Gasteiger partial charge in [-0.15, -0.1) is 0 Å². The summed E-state index contributed by atoms with van der Waals surface area (Å²) < 4.78 is 0. The van der Waals surface area contributed by atoms with Crippen LogP contribution in [0.15, 0.2) is 23.2 Å². The molecule has 0 amide bonds. The van der Waals surface area contributed by atoms with E-state index < -0.39 is 0 Å². The van der Waals surface area contributed by atoms with Crippen LogP contribution in [0.4, 0.5) is 5.69 Å². The number of benzene rings is 1. The van der Waals surface area contributed by atoms with Crippen LogP contribution in [-0.2, 0) is 0 Å². The highest BCUT2D eigenvalue weighted by atomic mass is 35.5. The number of hydrogen-bond acceptors (Lipinski definition) is 3. The van der Waals surface area contributed by atoms with Crippen molar-refractivity contribution in [2.75, 3.05) is 44.2 Å². The SMILES string of the molecule is NC(N)=NCCN1CCN(c2ccc(Cl)c(Cl)c2)CC1. The second-order valence-corrected chi connectivity index (χ2v) is 5.55. The largest absolute Gasteiger partial charge is 0.370 e.